The Morgan fingerprint density at radius 3 is 2.60 bits per heavy atom. The van der Waals surface area contributed by atoms with Crippen LogP contribution in [0.25, 0.3) is 0 Å². The molecule has 0 saturated heterocycles. The van der Waals surface area contributed by atoms with Gasteiger partial charge in [0.15, 0.2) is 0 Å². The minimum absolute atomic E-state index is 0.269. The highest BCUT2D eigenvalue weighted by atomic mass is 16.4. The maximum absolute atomic E-state index is 11.5. The van der Waals surface area contributed by atoms with Gasteiger partial charge in [0, 0.05) is 19.2 Å². The smallest absolute Gasteiger partial charge is 0.321 e. The van der Waals surface area contributed by atoms with E-state index in [4.69, 9.17) is 5.11 Å². The van der Waals surface area contributed by atoms with E-state index < -0.39 is 23.3 Å². The molecule has 1 aromatic heterocycles. The van der Waals surface area contributed by atoms with Crippen molar-refractivity contribution in [1.29, 1.82) is 0 Å². The summed E-state index contributed by atoms with van der Waals surface area (Å²) < 4.78 is 1.52. The minimum Gasteiger partial charge on any atom is -0.481 e. The summed E-state index contributed by atoms with van der Waals surface area (Å²) in [4.78, 5) is 33.8. The average molecular weight is 283 g/mol. The Bertz CT molecular complexity index is 483. The van der Waals surface area contributed by atoms with E-state index in [2.05, 4.69) is 20.9 Å². The Hall–Kier alpha value is -2.45. The monoisotopic (exact) mass is 283 g/mol. The van der Waals surface area contributed by atoms with Gasteiger partial charge in [-0.2, -0.15) is 0 Å². The number of carbonyl (C=O) groups is 3. The Labute approximate surface area is 115 Å². The molecule has 0 atom stereocenters. The molecule has 0 aliphatic heterocycles. The van der Waals surface area contributed by atoms with Crippen LogP contribution in [0.2, 0.25) is 0 Å². The third-order valence-corrected chi connectivity index (χ3v) is 2.53. The van der Waals surface area contributed by atoms with Crippen LogP contribution >= 0.6 is 0 Å². The number of aliphatic carboxylic acids is 1. The second kappa shape index (κ2) is 6.64. The van der Waals surface area contributed by atoms with Crippen LogP contribution < -0.4 is 10.6 Å². The van der Waals surface area contributed by atoms with Gasteiger partial charge in [-0.25, -0.2) is 4.79 Å². The number of aromatic nitrogens is 3. The third kappa shape index (κ3) is 5.04. The number of hydrogen-bond donors (Lipinski definition) is 3. The number of carboxylic acids is 1. The standard InChI is InChI=1S/C11H17N5O4/c1-11(2,9(18)19)7-8(17)14-10(20)12-3-5-16-6-4-13-15-16/h4,6H,3,5,7H2,1-2H3,(H,18,19)(H2,12,14,17,20). The summed E-state index contributed by atoms with van der Waals surface area (Å²) in [5.74, 6) is -1.74. The largest absolute Gasteiger partial charge is 0.481 e. The highest BCUT2D eigenvalue weighted by Crippen LogP contribution is 2.19. The third-order valence-electron chi connectivity index (χ3n) is 2.53. The summed E-state index contributed by atoms with van der Waals surface area (Å²) in [5, 5.41) is 20.7. The number of hydrogen-bond acceptors (Lipinski definition) is 5. The normalized spacial score (nSPS) is 10.9. The molecular formula is C11H17N5O4. The predicted molar refractivity (Wildman–Crippen MR) is 67.6 cm³/mol. The Morgan fingerprint density at radius 1 is 1.35 bits per heavy atom. The molecule has 20 heavy (non-hydrogen) atoms. The average Bonchev–Trinajstić information content (AvgIpc) is 2.80. The summed E-state index contributed by atoms with van der Waals surface area (Å²) in [7, 11) is 0. The van der Waals surface area contributed by atoms with Crippen LogP contribution in [0.1, 0.15) is 20.3 Å². The van der Waals surface area contributed by atoms with E-state index >= 15 is 0 Å². The Kier molecular flexibility index (Phi) is 5.18. The van der Waals surface area contributed by atoms with Gasteiger partial charge >= 0.3 is 12.0 Å². The summed E-state index contributed by atoms with van der Waals surface area (Å²) in [6.45, 7) is 3.52. The number of carboxylic acid groups (broad SMARTS) is 1. The molecular weight excluding hydrogens is 266 g/mol. The van der Waals surface area contributed by atoms with Crippen molar-refractivity contribution in [1.82, 2.24) is 25.6 Å². The van der Waals surface area contributed by atoms with Gasteiger partial charge in [-0.15, -0.1) is 5.10 Å². The van der Waals surface area contributed by atoms with Gasteiger partial charge in [-0.1, -0.05) is 5.21 Å². The molecule has 1 rings (SSSR count). The molecule has 0 aliphatic rings. The maximum atomic E-state index is 11.5. The van der Waals surface area contributed by atoms with Crippen LogP contribution in [0, 0.1) is 5.41 Å². The number of urea groups is 1. The van der Waals surface area contributed by atoms with E-state index in [1.54, 1.807) is 6.20 Å². The minimum atomic E-state index is -1.22. The fourth-order valence-corrected chi connectivity index (χ4v) is 1.33. The van der Waals surface area contributed by atoms with Crippen molar-refractivity contribution in [3.05, 3.63) is 12.4 Å². The SMILES string of the molecule is CC(C)(CC(=O)NC(=O)NCCn1ccnn1)C(=O)O. The summed E-state index contributed by atoms with van der Waals surface area (Å²) in [6, 6.07) is -0.670. The molecule has 1 heterocycles. The van der Waals surface area contributed by atoms with Crippen LogP contribution in [0.3, 0.4) is 0 Å². The summed E-state index contributed by atoms with van der Waals surface area (Å²) >= 11 is 0. The molecule has 0 spiro atoms. The predicted octanol–water partition coefficient (Wildman–Crippen LogP) is -0.395. The van der Waals surface area contributed by atoms with E-state index in [1.807, 2.05) is 0 Å². The quantitative estimate of drug-likeness (QED) is 0.652. The molecule has 0 aliphatic carbocycles. The molecule has 3 amide bonds. The van der Waals surface area contributed by atoms with Crippen molar-refractivity contribution in [3.63, 3.8) is 0 Å². The zero-order valence-corrected chi connectivity index (χ0v) is 11.3. The highest BCUT2D eigenvalue weighted by molar-refractivity contribution is 5.96. The van der Waals surface area contributed by atoms with Gasteiger partial charge in [0.25, 0.3) is 0 Å². The van der Waals surface area contributed by atoms with Crippen molar-refractivity contribution in [2.45, 2.75) is 26.8 Å². The van der Waals surface area contributed by atoms with Crippen LogP contribution in [0.4, 0.5) is 4.79 Å². The number of imide groups is 1. The van der Waals surface area contributed by atoms with E-state index in [9.17, 15) is 14.4 Å². The van der Waals surface area contributed by atoms with Gasteiger partial charge in [-0.3, -0.25) is 19.6 Å². The molecule has 110 valence electrons. The van der Waals surface area contributed by atoms with Gasteiger partial charge in [0.2, 0.25) is 5.91 Å². The molecule has 1 aromatic rings. The van der Waals surface area contributed by atoms with Crippen molar-refractivity contribution < 1.29 is 19.5 Å². The maximum Gasteiger partial charge on any atom is 0.321 e. The Morgan fingerprint density at radius 2 is 2.05 bits per heavy atom. The Balaban J connectivity index is 2.28. The van der Waals surface area contributed by atoms with E-state index in [1.165, 1.54) is 24.7 Å². The van der Waals surface area contributed by atoms with Gasteiger partial charge in [-0.05, 0) is 13.8 Å². The first kappa shape index (κ1) is 15.6. The molecule has 9 heteroatoms. The molecule has 3 N–H and O–H groups in total. The molecule has 0 aromatic carbocycles. The first-order chi connectivity index (χ1) is 9.31. The summed E-state index contributed by atoms with van der Waals surface area (Å²) in [6.07, 6.45) is 2.87. The van der Waals surface area contributed by atoms with Crippen molar-refractivity contribution in [2.24, 2.45) is 5.41 Å². The van der Waals surface area contributed by atoms with E-state index in [0.29, 0.717) is 6.54 Å². The number of rotatable bonds is 6. The van der Waals surface area contributed by atoms with Gasteiger partial charge in [0.05, 0.1) is 18.2 Å². The lowest BCUT2D eigenvalue weighted by atomic mass is 9.89. The number of carbonyl (C=O) groups excluding carboxylic acids is 2. The lowest BCUT2D eigenvalue weighted by Crippen LogP contribution is -2.43. The molecule has 0 bridgehead atoms. The van der Waals surface area contributed by atoms with Gasteiger partial charge in [0.1, 0.15) is 0 Å². The lowest BCUT2D eigenvalue weighted by molar-refractivity contribution is -0.149. The zero-order valence-electron chi connectivity index (χ0n) is 11.3. The molecule has 0 fully saturated rings. The van der Waals surface area contributed by atoms with E-state index in [-0.39, 0.29) is 13.0 Å². The summed E-state index contributed by atoms with van der Waals surface area (Å²) in [5.41, 5.74) is -1.22. The van der Waals surface area contributed by atoms with Crippen LogP contribution in [0.15, 0.2) is 12.4 Å². The molecule has 9 nitrogen and oxygen atoms in total. The molecule has 0 radical (unpaired) electrons. The van der Waals surface area contributed by atoms with E-state index in [0.717, 1.165) is 0 Å². The second-order valence-corrected chi connectivity index (χ2v) is 4.84. The molecule has 0 unspecified atom stereocenters. The number of nitrogens with one attached hydrogen (secondary N) is 2. The topological polar surface area (TPSA) is 126 Å². The van der Waals surface area contributed by atoms with Crippen LogP contribution in [-0.4, -0.2) is 44.6 Å². The molecule has 0 saturated carbocycles. The van der Waals surface area contributed by atoms with Gasteiger partial charge < -0.3 is 10.4 Å². The zero-order chi connectivity index (χ0) is 15.2. The first-order valence-corrected chi connectivity index (χ1v) is 5.96. The number of amides is 3. The van der Waals surface area contributed by atoms with Crippen LogP contribution in [-0.2, 0) is 16.1 Å². The fraction of sp³-hybridized carbons (Fsp3) is 0.545. The van der Waals surface area contributed by atoms with Crippen LogP contribution in [0.5, 0.6) is 0 Å². The fourth-order valence-electron chi connectivity index (χ4n) is 1.33. The second-order valence-electron chi connectivity index (χ2n) is 4.84. The lowest BCUT2D eigenvalue weighted by Gasteiger charge is -2.17. The van der Waals surface area contributed by atoms with Crippen molar-refractivity contribution in [3.8, 4) is 0 Å². The number of nitrogens with zero attached hydrogens (tertiary/aromatic N) is 3. The van der Waals surface area contributed by atoms with Crippen molar-refractivity contribution >= 4 is 17.9 Å². The first-order valence-electron chi connectivity index (χ1n) is 5.96. The van der Waals surface area contributed by atoms with Crippen molar-refractivity contribution in [2.75, 3.05) is 6.54 Å². The highest BCUT2D eigenvalue weighted by Gasteiger charge is 2.30.